The molecule has 1 aromatic carbocycles. The van der Waals surface area contributed by atoms with Crippen molar-refractivity contribution in [1.82, 2.24) is 5.32 Å². The van der Waals surface area contributed by atoms with Crippen LogP contribution in [0.3, 0.4) is 0 Å². The summed E-state index contributed by atoms with van der Waals surface area (Å²) in [4.78, 5) is 22.5. The Hall–Kier alpha value is -1.49. The zero-order chi connectivity index (χ0) is 14.8. The number of ether oxygens (including phenoxy) is 1. The minimum Gasteiger partial charge on any atom is -0.469 e. The molecule has 0 radical (unpaired) electrons. The van der Waals surface area contributed by atoms with Crippen LogP contribution in [0.2, 0.25) is 0 Å². The molecule has 0 spiro atoms. The average Bonchev–Trinajstić information content (AvgIpc) is 2.49. The second-order valence-electron chi connectivity index (χ2n) is 4.49. The molecule has 1 N–H and O–H groups in total. The van der Waals surface area contributed by atoms with Gasteiger partial charge in [0.2, 0.25) is 5.91 Å². The number of rotatable bonds is 8. The summed E-state index contributed by atoms with van der Waals surface area (Å²) in [6.07, 6.45) is 0.342. The van der Waals surface area contributed by atoms with Gasteiger partial charge in [0.25, 0.3) is 0 Å². The standard InChI is InChI=1S/C15H21NO3S/c1-12(13-6-4-3-5-7-13)10-16-14(17)11-20-9-8-15(18)19-2/h3-7,12H,8-11H2,1-2H3,(H,16,17)/t12-/m0/s1. The molecule has 110 valence electrons. The van der Waals surface area contributed by atoms with Crippen molar-refractivity contribution in [2.75, 3.05) is 25.2 Å². The Morgan fingerprint density at radius 1 is 1.30 bits per heavy atom. The third-order valence-corrected chi connectivity index (χ3v) is 3.84. The zero-order valence-electron chi connectivity index (χ0n) is 11.9. The van der Waals surface area contributed by atoms with E-state index in [1.54, 1.807) is 0 Å². The van der Waals surface area contributed by atoms with Gasteiger partial charge in [0.05, 0.1) is 19.3 Å². The highest BCUT2D eigenvalue weighted by Gasteiger charge is 2.08. The summed E-state index contributed by atoms with van der Waals surface area (Å²) >= 11 is 1.44. The second-order valence-corrected chi connectivity index (χ2v) is 5.60. The van der Waals surface area contributed by atoms with Crippen LogP contribution in [0.5, 0.6) is 0 Å². The quantitative estimate of drug-likeness (QED) is 0.590. The lowest BCUT2D eigenvalue weighted by Gasteiger charge is -2.12. The Bertz CT molecular complexity index is 422. The van der Waals surface area contributed by atoms with Crippen LogP contribution < -0.4 is 5.32 Å². The van der Waals surface area contributed by atoms with Crippen LogP contribution in [0.25, 0.3) is 0 Å². The van der Waals surface area contributed by atoms with Gasteiger partial charge in [-0.1, -0.05) is 37.3 Å². The molecule has 0 saturated heterocycles. The normalized spacial score (nSPS) is 11.7. The van der Waals surface area contributed by atoms with Crippen molar-refractivity contribution in [2.24, 2.45) is 0 Å². The molecule has 0 saturated carbocycles. The number of hydrogen-bond donors (Lipinski definition) is 1. The molecular formula is C15H21NO3S. The number of thioether (sulfide) groups is 1. The van der Waals surface area contributed by atoms with Crippen LogP contribution in [0.1, 0.15) is 24.8 Å². The highest BCUT2D eigenvalue weighted by Crippen LogP contribution is 2.13. The molecule has 5 heteroatoms. The van der Waals surface area contributed by atoms with Crippen molar-refractivity contribution in [3.8, 4) is 0 Å². The molecule has 0 aliphatic heterocycles. The minimum atomic E-state index is -0.240. The Labute approximate surface area is 124 Å². The van der Waals surface area contributed by atoms with E-state index in [9.17, 15) is 9.59 Å². The van der Waals surface area contributed by atoms with Crippen molar-refractivity contribution in [1.29, 1.82) is 0 Å². The first kappa shape index (κ1) is 16.6. The van der Waals surface area contributed by atoms with Crippen molar-refractivity contribution in [2.45, 2.75) is 19.3 Å². The van der Waals surface area contributed by atoms with Crippen LogP contribution in [-0.4, -0.2) is 37.0 Å². The van der Waals surface area contributed by atoms with E-state index >= 15 is 0 Å². The topological polar surface area (TPSA) is 55.4 Å². The van der Waals surface area contributed by atoms with Gasteiger partial charge >= 0.3 is 5.97 Å². The van der Waals surface area contributed by atoms with Gasteiger partial charge < -0.3 is 10.1 Å². The summed E-state index contributed by atoms with van der Waals surface area (Å²) in [7, 11) is 1.37. The van der Waals surface area contributed by atoms with Gasteiger partial charge in [-0.3, -0.25) is 9.59 Å². The van der Waals surface area contributed by atoms with E-state index < -0.39 is 0 Å². The van der Waals surface area contributed by atoms with Gasteiger partial charge in [-0.05, 0) is 11.5 Å². The lowest BCUT2D eigenvalue weighted by molar-refractivity contribution is -0.140. The number of amides is 1. The SMILES string of the molecule is COC(=O)CCSCC(=O)NC[C@H](C)c1ccccc1. The van der Waals surface area contributed by atoms with E-state index in [0.29, 0.717) is 30.4 Å². The van der Waals surface area contributed by atoms with E-state index in [-0.39, 0.29) is 11.9 Å². The number of nitrogens with one attached hydrogen (secondary N) is 1. The second kappa shape index (κ2) is 9.42. The van der Waals surface area contributed by atoms with Gasteiger partial charge in [0.1, 0.15) is 0 Å². The molecule has 1 aromatic rings. The highest BCUT2D eigenvalue weighted by molar-refractivity contribution is 7.99. The third-order valence-electron chi connectivity index (χ3n) is 2.89. The summed E-state index contributed by atoms with van der Waals surface area (Å²) in [6, 6.07) is 10.1. The molecule has 0 aromatic heterocycles. The van der Waals surface area contributed by atoms with Crippen molar-refractivity contribution in [3.63, 3.8) is 0 Å². The monoisotopic (exact) mass is 295 g/mol. The maximum atomic E-state index is 11.6. The Morgan fingerprint density at radius 3 is 2.65 bits per heavy atom. The number of benzene rings is 1. The van der Waals surface area contributed by atoms with E-state index in [0.717, 1.165) is 0 Å². The van der Waals surface area contributed by atoms with Gasteiger partial charge in [-0.25, -0.2) is 0 Å². The van der Waals surface area contributed by atoms with Crippen molar-refractivity contribution < 1.29 is 14.3 Å². The summed E-state index contributed by atoms with van der Waals surface area (Å²) < 4.78 is 4.53. The summed E-state index contributed by atoms with van der Waals surface area (Å²) in [5, 5.41) is 2.91. The molecule has 1 amide bonds. The Balaban J connectivity index is 2.15. The molecule has 4 nitrogen and oxygen atoms in total. The number of esters is 1. The van der Waals surface area contributed by atoms with Crippen LogP contribution in [-0.2, 0) is 14.3 Å². The largest absolute Gasteiger partial charge is 0.469 e. The minimum absolute atomic E-state index is 0.00245. The molecule has 0 aliphatic rings. The number of carbonyl (C=O) groups excluding carboxylic acids is 2. The fourth-order valence-corrected chi connectivity index (χ4v) is 2.38. The summed E-state index contributed by atoms with van der Waals surface area (Å²) in [5.74, 6) is 1.03. The average molecular weight is 295 g/mol. The first-order valence-corrected chi connectivity index (χ1v) is 7.75. The first-order valence-electron chi connectivity index (χ1n) is 6.59. The smallest absolute Gasteiger partial charge is 0.306 e. The lowest BCUT2D eigenvalue weighted by atomic mass is 10.0. The maximum absolute atomic E-state index is 11.6. The molecule has 0 heterocycles. The molecule has 0 fully saturated rings. The van der Waals surface area contributed by atoms with Gasteiger partial charge in [-0.2, -0.15) is 11.8 Å². The first-order chi connectivity index (χ1) is 9.63. The van der Waals surface area contributed by atoms with E-state index in [1.165, 1.54) is 24.4 Å². The number of carbonyl (C=O) groups is 2. The Morgan fingerprint density at radius 2 is 2.00 bits per heavy atom. The maximum Gasteiger partial charge on any atom is 0.306 e. The molecule has 0 bridgehead atoms. The van der Waals surface area contributed by atoms with E-state index in [1.807, 2.05) is 18.2 Å². The Kier molecular flexibility index (Phi) is 7.80. The molecule has 0 unspecified atom stereocenters. The van der Waals surface area contributed by atoms with Crippen molar-refractivity contribution in [3.05, 3.63) is 35.9 Å². The van der Waals surface area contributed by atoms with Crippen molar-refractivity contribution >= 4 is 23.6 Å². The predicted octanol–water partition coefficient (Wildman–Crippen LogP) is 2.20. The van der Waals surface area contributed by atoms with Gasteiger partial charge in [-0.15, -0.1) is 0 Å². The zero-order valence-corrected chi connectivity index (χ0v) is 12.7. The number of hydrogen-bond acceptors (Lipinski definition) is 4. The number of methoxy groups -OCH3 is 1. The molecule has 1 atom stereocenters. The molecule has 1 rings (SSSR count). The third kappa shape index (κ3) is 6.61. The fourth-order valence-electron chi connectivity index (χ4n) is 1.64. The van der Waals surface area contributed by atoms with Crippen LogP contribution in [0, 0.1) is 0 Å². The molecule has 0 aliphatic carbocycles. The lowest BCUT2D eigenvalue weighted by Crippen LogP contribution is -2.29. The summed E-state index contributed by atoms with van der Waals surface area (Å²) in [5.41, 5.74) is 1.21. The van der Waals surface area contributed by atoms with Crippen LogP contribution in [0.15, 0.2) is 30.3 Å². The summed E-state index contributed by atoms with van der Waals surface area (Å²) in [6.45, 7) is 2.71. The van der Waals surface area contributed by atoms with Crippen LogP contribution in [0.4, 0.5) is 0 Å². The highest BCUT2D eigenvalue weighted by atomic mass is 32.2. The van der Waals surface area contributed by atoms with Crippen LogP contribution >= 0.6 is 11.8 Å². The van der Waals surface area contributed by atoms with Gasteiger partial charge in [0.15, 0.2) is 0 Å². The van der Waals surface area contributed by atoms with E-state index in [2.05, 4.69) is 29.1 Å². The molecular weight excluding hydrogens is 274 g/mol. The predicted molar refractivity (Wildman–Crippen MR) is 81.8 cm³/mol. The van der Waals surface area contributed by atoms with Gasteiger partial charge in [0, 0.05) is 12.3 Å². The van der Waals surface area contributed by atoms with E-state index in [4.69, 9.17) is 0 Å². The fraction of sp³-hybridized carbons (Fsp3) is 0.467. The molecule has 20 heavy (non-hydrogen) atoms.